The Hall–Kier alpha value is -0.700. The topological polar surface area (TPSA) is 43.1 Å². The second-order valence-electron chi connectivity index (χ2n) is 3.50. The molecule has 0 saturated heterocycles. The van der Waals surface area contributed by atoms with Crippen LogP contribution in [0.15, 0.2) is 30.0 Å². The van der Waals surface area contributed by atoms with E-state index < -0.39 is 0 Å². The van der Waals surface area contributed by atoms with Crippen LogP contribution in [0.5, 0.6) is 0 Å². The molecule has 0 fully saturated rings. The summed E-state index contributed by atoms with van der Waals surface area (Å²) in [5.41, 5.74) is 6.67. The summed E-state index contributed by atoms with van der Waals surface area (Å²) in [5.74, 6) is 0.339. The predicted molar refractivity (Wildman–Crippen MR) is 73.0 cm³/mol. The van der Waals surface area contributed by atoms with E-state index in [1.165, 1.54) is 12.1 Å². The lowest BCUT2D eigenvalue weighted by Gasteiger charge is -2.01. The van der Waals surface area contributed by atoms with Crippen molar-refractivity contribution in [3.05, 3.63) is 45.6 Å². The molecule has 2 nitrogen and oxygen atoms in total. The predicted octanol–water partition coefficient (Wildman–Crippen LogP) is 4.04. The van der Waals surface area contributed by atoms with Crippen LogP contribution >= 0.6 is 34.8 Å². The molecule has 0 aliphatic rings. The molecule has 0 amide bonds. The van der Waals surface area contributed by atoms with E-state index in [-0.39, 0.29) is 5.78 Å². The molecule has 1 rings (SSSR count). The molecule has 92 valence electrons. The van der Waals surface area contributed by atoms with Crippen LogP contribution in [0.4, 0.5) is 0 Å². The Bertz CT molecular complexity index is 443. The molecule has 0 aliphatic carbocycles. The number of rotatable bonds is 5. The molecule has 5 heteroatoms. The van der Waals surface area contributed by atoms with E-state index in [9.17, 15) is 4.79 Å². The smallest absolute Gasteiger partial charge is 0.187 e. The largest absolute Gasteiger partial charge is 0.402 e. The fraction of sp³-hybridized carbons (Fsp3) is 0.250. The van der Waals surface area contributed by atoms with Gasteiger partial charge in [0.1, 0.15) is 0 Å². The molecule has 0 radical (unpaired) electrons. The van der Waals surface area contributed by atoms with Gasteiger partial charge in [0, 0.05) is 23.2 Å². The Kier molecular flexibility index (Phi) is 5.83. The lowest BCUT2D eigenvalue weighted by molar-refractivity contribution is 0.104. The molecule has 0 aliphatic heterocycles. The summed E-state index contributed by atoms with van der Waals surface area (Å²) in [7, 11) is 0. The summed E-state index contributed by atoms with van der Waals surface area (Å²) in [5, 5.41) is 0.771. The molecule has 0 aromatic heterocycles. The normalized spacial score (nSPS) is 11.6. The van der Waals surface area contributed by atoms with Gasteiger partial charge in [0.15, 0.2) is 5.78 Å². The molecule has 17 heavy (non-hydrogen) atoms. The van der Waals surface area contributed by atoms with Crippen LogP contribution in [0.1, 0.15) is 23.2 Å². The highest BCUT2D eigenvalue weighted by atomic mass is 35.5. The number of allylic oxidation sites excluding steroid dienone is 2. The number of halogens is 3. The first kappa shape index (κ1) is 14.4. The number of hydrogen-bond acceptors (Lipinski definition) is 2. The third-order valence-electron chi connectivity index (χ3n) is 2.12. The average Bonchev–Trinajstić information content (AvgIpc) is 2.30. The first-order chi connectivity index (χ1) is 8.04. The van der Waals surface area contributed by atoms with E-state index in [2.05, 4.69) is 0 Å². The second kappa shape index (κ2) is 6.90. The van der Waals surface area contributed by atoms with Crippen LogP contribution in [-0.2, 0) is 0 Å². The minimum absolute atomic E-state index is 0.185. The number of carbonyl (C=O) groups excluding carboxylic acids is 1. The van der Waals surface area contributed by atoms with Gasteiger partial charge in [-0.15, -0.1) is 11.6 Å². The highest BCUT2D eigenvalue weighted by Gasteiger charge is 2.06. The number of carbonyl (C=O) groups is 1. The lowest BCUT2D eigenvalue weighted by Crippen LogP contribution is -2.03. The van der Waals surface area contributed by atoms with Gasteiger partial charge in [0.2, 0.25) is 0 Å². The van der Waals surface area contributed by atoms with E-state index in [1.807, 2.05) is 0 Å². The molecule has 0 unspecified atom stereocenters. The zero-order chi connectivity index (χ0) is 12.8. The Morgan fingerprint density at radius 2 is 2.00 bits per heavy atom. The van der Waals surface area contributed by atoms with Crippen LogP contribution in [0, 0.1) is 0 Å². The molecular formula is C12H12Cl3NO. The van der Waals surface area contributed by atoms with Gasteiger partial charge >= 0.3 is 0 Å². The number of nitrogens with two attached hydrogens (primary N) is 1. The standard InChI is InChI=1S/C12H12Cl3NO/c13-5-1-2-9(16)7-12(17)8-3-4-10(14)11(15)6-8/h3-4,6-7H,1-2,5,16H2/b9-7-. The Morgan fingerprint density at radius 3 is 2.59 bits per heavy atom. The highest BCUT2D eigenvalue weighted by Crippen LogP contribution is 2.23. The summed E-state index contributed by atoms with van der Waals surface area (Å²) in [4.78, 5) is 11.8. The van der Waals surface area contributed by atoms with Crippen molar-refractivity contribution in [3.8, 4) is 0 Å². The van der Waals surface area contributed by atoms with Crippen molar-refractivity contribution in [1.29, 1.82) is 0 Å². The summed E-state index contributed by atoms with van der Waals surface area (Å²) in [6, 6.07) is 4.72. The second-order valence-corrected chi connectivity index (χ2v) is 4.70. The number of benzene rings is 1. The van der Waals surface area contributed by atoms with E-state index in [0.717, 1.165) is 6.42 Å². The molecule has 2 N–H and O–H groups in total. The zero-order valence-electron chi connectivity index (χ0n) is 9.05. The summed E-state index contributed by atoms with van der Waals surface area (Å²) >= 11 is 17.1. The minimum Gasteiger partial charge on any atom is -0.402 e. The van der Waals surface area contributed by atoms with Gasteiger partial charge in [0.25, 0.3) is 0 Å². The van der Waals surface area contributed by atoms with E-state index in [4.69, 9.17) is 40.5 Å². The van der Waals surface area contributed by atoms with Gasteiger partial charge in [0.05, 0.1) is 10.0 Å². The summed E-state index contributed by atoms with van der Waals surface area (Å²) in [6.07, 6.45) is 2.75. The third-order valence-corrected chi connectivity index (χ3v) is 3.13. The minimum atomic E-state index is -0.185. The van der Waals surface area contributed by atoms with Crippen LogP contribution in [-0.4, -0.2) is 11.7 Å². The molecule has 0 atom stereocenters. The highest BCUT2D eigenvalue weighted by molar-refractivity contribution is 6.42. The van der Waals surface area contributed by atoms with Crippen molar-refractivity contribution in [2.24, 2.45) is 5.73 Å². The maximum absolute atomic E-state index is 11.8. The maximum atomic E-state index is 11.8. The number of ketones is 1. The maximum Gasteiger partial charge on any atom is 0.187 e. The van der Waals surface area contributed by atoms with Gasteiger partial charge in [-0.1, -0.05) is 23.2 Å². The van der Waals surface area contributed by atoms with Crippen LogP contribution in [0.3, 0.4) is 0 Å². The summed E-state index contributed by atoms with van der Waals surface area (Å²) in [6.45, 7) is 0. The van der Waals surface area contributed by atoms with Crippen molar-refractivity contribution < 1.29 is 4.79 Å². The van der Waals surface area contributed by atoms with Gasteiger partial charge in [-0.05, 0) is 31.0 Å². The van der Waals surface area contributed by atoms with Crippen molar-refractivity contribution in [1.82, 2.24) is 0 Å². The Balaban J connectivity index is 2.79. The average molecular weight is 293 g/mol. The lowest BCUT2D eigenvalue weighted by atomic mass is 10.1. The van der Waals surface area contributed by atoms with Gasteiger partial charge in [-0.25, -0.2) is 0 Å². The number of alkyl halides is 1. The quantitative estimate of drug-likeness (QED) is 0.506. The van der Waals surface area contributed by atoms with E-state index in [1.54, 1.807) is 12.1 Å². The molecule has 1 aromatic rings. The molecule has 0 bridgehead atoms. The molecule has 0 saturated carbocycles. The van der Waals surface area contributed by atoms with Gasteiger partial charge < -0.3 is 5.73 Å². The molecular weight excluding hydrogens is 280 g/mol. The SMILES string of the molecule is N/C(=C\C(=O)c1ccc(Cl)c(Cl)c1)CCCCl. The first-order valence-corrected chi connectivity index (χ1v) is 6.35. The van der Waals surface area contributed by atoms with Gasteiger partial charge in [-0.2, -0.15) is 0 Å². The summed E-state index contributed by atoms with van der Waals surface area (Å²) < 4.78 is 0. The van der Waals surface area contributed by atoms with Gasteiger partial charge in [-0.3, -0.25) is 4.79 Å². The van der Waals surface area contributed by atoms with Crippen LogP contribution < -0.4 is 5.73 Å². The fourth-order valence-corrected chi connectivity index (χ4v) is 1.68. The molecule has 0 heterocycles. The van der Waals surface area contributed by atoms with E-state index in [0.29, 0.717) is 33.6 Å². The molecule has 1 aromatic carbocycles. The molecule has 0 spiro atoms. The van der Waals surface area contributed by atoms with Crippen molar-refractivity contribution in [2.45, 2.75) is 12.8 Å². The van der Waals surface area contributed by atoms with Crippen molar-refractivity contribution in [3.63, 3.8) is 0 Å². The van der Waals surface area contributed by atoms with Crippen LogP contribution in [0.25, 0.3) is 0 Å². The Labute approximate surface area is 115 Å². The van der Waals surface area contributed by atoms with Crippen LogP contribution in [0.2, 0.25) is 10.0 Å². The zero-order valence-corrected chi connectivity index (χ0v) is 11.3. The van der Waals surface area contributed by atoms with E-state index >= 15 is 0 Å². The number of hydrogen-bond donors (Lipinski definition) is 1. The monoisotopic (exact) mass is 291 g/mol. The Morgan fingerprint density at radius 1 is 1.29 bits per heavy atom. The van der Waals surface area contributed by atoms with Crippen molar-refractivity contribution in [2.75, 3.05) is 5.88 Å². The van der Waals surface area contributed by atoms with Crippen molar-refractivity contribution >= 4 is 40.6 Å². The third kappa shape index (κ3) is 4.58. The fourth-order valence-electron chi connectivity index (χ4n) is 1.24. The first-order valence-electron chi connectivity index (χ1n) is 5.06.